The van der Waals surface area contributed by atoms with Crippen molar-refractivity contribution in [3.05, 3.63) is 12.7 Å². The van der Waals surface area contributed by atoms with Gasteiger partial charge in [-0.05, 0) is 25.8 Å². The van der Waals surface area contributed by atoms with Crippen LogP contribution in [0.5, 0.6) is 0 Å². The molecule has 0 amide bonds. The van der Waals surface area contributed by atoms with Gasteiger partial charge in [-0.15, -0.1) is 6.58 Å². The largest absolute Gasteiger partial charge is 0.393 e. The fraction of sp³-hybridized carbons (Fsp3) is 0.778. The molecule has 0 aromatic carbocycles. The highest BCUT2D eigenvalue weighted by Gasteiger charge is 2.24. The molecular formula is C9H17NO. The quantitative estimate of drug-likeness (QED) is 0.611. The summed E-state index contributed by atoms with van der Waals surface area (Å²) >= 11 is 0. The Morgan fingerprint density at radius 1 is 1.82 bits per heavy atom. The Bertz CT molecular complexity index is 134. The topological polar surface area (TPSA) is 23.5 Å². The molecule has 1 aliphatic rings. The Kier molecular flexibility index (Phi) is 3.09. The molecule has 11 heavy (non-hydrogen) atoms. The first kappa shape index (κ1) is 8.75. The molecule has 0 aromatic heterocycles. The second kappa shape index (κ2) is 3.88. The summed E-state index contributed by atoms with van der Waals surface area (Å²) in [4.78, 5) is 2.32. The average Bonchev–Trinajstić information content (AvgIpc) is 2.37. The highest BCUT2D eigenvalue weighted by atomic mass is 16.3. The number of hydrogen-bond donors (Lipinski definition) is 1. The van der Waals surface area contributed by atoms with E-state index in [0.717, 1.165) is 26.1 Å². The van der Waals surface area contributed by atoms with Gasteiger partial charge in [0.05, 0.1) is 6.10 Å². The van der Waals surface area contributed by atoms with Crippen molar-refractivity contribution in [3.8, 4) is 0 Å². The lowest BCUT2D eigenvalue weighted by molar-refractivity contribution is 0.129. The lowest BCUT2D eigenvalue weighted by atomic mass is 10.0. The van der Waals surface area contributed by atoms with Crippen LogP contribution in [0.1, 0.15) is 13.3 Å². The molecule has 1 heterocycles. The van der Waals surface area contributed by atoms with E-state index in [2.05, 4.69) is 11.5 Å². The Hall–Kier alpha value is -0.340. The van der Waals surface area contributed by atoms with Crippen LogP contribution in [-0.4, -0.2) is 35.7 Å². The monoisotopic (exact) mass is 155 g/mol. The van der Waals surface area contributed by atoms with E-state index >= 15 is 0 Å². The molecule has 1 fully saturated rings. The number of hydrogen-bond acceptors (Lipinski definition) is 2. The first-order chi connectivity index (χ1) is 5.24. The first-order valence-electron chi connectivity index (χ1n) is 4.25. The zero-order valence-corrected chi connectivity index (χ0v) is 7.16. The molecule has 1 rings (SSSR count). The Balaban J connectivity index is 2.28. The van der Waals surface area contributed by atoms with Crippen LogP contribution in [0.2, 0.25) is 0 Å². The lowest BCUT2D eigenvalue weighted by Crippen LogP contribution is -2.24. The van der Waals surface area contributed by atoms with Gasteiger partial charge in [0, 0.05) is 13.1 Å². The van der Waals surface area contributed by atoms with E-state index in [-0.39, 0.29) is 6.10 Å². The summed E-state index contributed by atoms with van der Waals surface area (Å²) in [6.07, 6.45) is 2.90. The van der Waals surface area contributed by atoms with E-state index in [0.29, 0.717) is 5.92 Å². The van der Waals surface area contributed by atoms with Crippen molar-refractivity contribution in [3.63, 3.8) is 0 Å². The molecule has 0 saturated carbocycles. The van der Waals surface area contributed by atoms with Crippen LogP contribution in [0.25, 0.3) is 0 Å². The summed E-state index contributed by atoms with van der Waals surface area (Å²) in [7, 11) is 0. The average molecular weight is 155 g/mol. The highest BCUT2D eigenvalue weighted by molar-refractivity contribution is 4.83. The summed E-state index contributed by atoms with van der Waals surface area (Å²) in [6, 6.07) is 0. The fourth-order valence-corrected chi connectivity index (χ4v) is 1.60. The van der Waals surface area contributed by atoms with E-state index in [1.807, 2.05) is 13.0 Å². The number of aliphatic hydroxyl groups is 1. The predicted octanol–water partition coefficient (Wildman–Crippen LogP) is 0.875. The second-order valence-corrected chi connectivity index (χ2v) is 3.34. The van der Waals surface area contributed by atoms with E-state index in [9.17, 15) is 5.11 Å². The molecule has 2 unspecified atom stereocenters. The zero-order chi connectivity index (χ0) is 8.27. The minimum absolute atomic E-state index is 0.148. The van der Waals surface area contributed by atoms with Gasteiger partial charge in [-0.2, -0.15) is 0 Å². The number of aliphatic hydroxyl groups excluding tert-OH is 1. The van der Waals surface area contributed by atoms with Gasteiger partial charge in [-0.25, -0.2) is 0 Å². The maximum Gasteiger partial charge on any atom is 0.0552 e. The van der Waals surface area contributed by atoms with Gasteiger partial charge in [-0.1, -0.05) is 6.08 Å². The molecule has 2 atom stereocenters. The molecule has 0 aromatic rings. The van der Waals surface area contributed by atoms with Crippen LogP contribution in [0.4, 0.5) is 0 Å². The molecule has 0 radical (unpaired) electrons. The van der Waals surface area contributed by atoms with Crippen molar-refractivity contribution < 1.29 is 5.11 Å². The Morgan fingerprint density at radius 2 is 2.55 bits per heavy atom. The summed E-state index contributed by atoms with van der Waals surface area (Å²) in [5, 5.41) is 9.29. The second-order valence-electron chi connectivity index (χ2n) is 3.34. The van der Waals surface area contributed by atoms with Gasteiger partial charge in [-0.3, -0.25) is 4.90 Å². The third-order valence-corrected chi connectivity index (χ3v) is 2.38. The van der Waals surface area contributed by atoms with Crippen LogP contribution in [0.15, 0.2) is 12.7 Å². The lowest BCUT2D eigenvalue weighted by Gasteiger charge is -2.14. The molecule has 0 spiro atoms. The van der Waals surface area contributed by atoms with Gasteiger partial charge >= 0.3 is 0 Å². The van der Waals surface area contributed by atoms with Crippen molar-refractivity contribution in [2.75, 3.05) is 19.6 Å². The minimum atomic E-state index is -0.148. The highest BCUT2D eigenvalue weighted by Crippen LogP contribution is 2.18. The van der Waals surface area contributed by atoms with Crippen LogP contribution in [0, 0.1) is 5.92 Å². The van der Waals surface area contributed by atoms with Gasteiger partial charge < -0.3 is 5.11 Å². The molecule has 0 bridgehead atoms. The zero-order valence-electron chi connectivity index (χ0n) is 7.16. The maximum absolute atomic E-state index is 9.29. The van der Waals surface area contributed by atoms with Gasteiger partial charge in [0.1, 0.15) is 0 Å². The van der Waals surface area contributed by atoms with Crippen molar-refractivity contribution in [1.29, 1.82) is 0 Å². The third-order valence-electron chi connectivity index (χ3n) is 2.38. The van der Waals surface area contributed by atoms with Crippen LogP contribution in [-0.2, 0) is 0 Å². The van der Waals surface area contributed by atoms with Crippen LogP contribution < -0.4 is 0 Å². The van der Waals surface area contributed by atoms with Crippen molar-refractivity contribution in [2.45, 2.75) is 19.4 Å². The Morgan fingerprint density at radius 3 is 3.00 bits per heavy atom. The number of likely N-dealkylation sites (tertiary alicyclic amines) is 1. The third kappa shape index (κ3) is 2.31. The fourth-order valence-electron chi connectivity index (χ4n) is 1.60. The summed E-state index contributed by atoms with van der Waals surface area (Å²) < 4.78 is 0. The normalized spacial score (nSPS) is 28.7. The van der Waals surface area contributed by atoms with Crippen LogP contribution >= 0.6 is 0 Å². The van der Waals surface area contributed by atoms with Gasteiger partial charge in [0.25, 0.3) is 0 Å². The molecule has 64 valence electrons. The Labute approximate surface area is 68.5 Å². The van der Waals surface area contributed by atoms with Crippen molar-refractivity contribution in [1.82, 2.24) is 4.90 Å². The van der Waals surface area contributed by atoms with Crippen molar-refractivity contribution in [2.24, 2.45) is 5.92 Å². The number of nitrogens with zero attached hydrogens (tertiary/aromatic N) is 1. The van der Waals surface area contributed by atoms with Gasteiger partial charge in [0.2, 0.25) is 0 Å². The van der Waals surface area contributed by atoms with Gasteiger partial charge in [0.15, 0.2) is 0 Å². The van der Waals surface area contributed by atoms with Crippen LogP contribution in [0.3, 0.4) is 0 Å². The summed E-state index contributed by atoms with van der Waals surface area (Å²) in [6.45, 7) is 8.67. The van der Waals surface area contributed by atoms with E-state index in [4.69, 9.17) is 0 Å². The molecule has 1 N–H and O–H groups in total. The molecule has 2 heteroatoms. The predicted molar refractivity (Wildman–Crippen MR) is 46.4 cm³/mol. The maximum atomic E-state index is 9.29. The van der Waals surface area contributed by atoms with E-state index < -0.39 is 0 Å². The van der Waals surface area contributed by atoms with E-state index in [1.165, 1.54) is 0 Å². The minimum Gasteiger partial charge on any atom is -0.393 e. The molecule has 1 aliphatic heterocycles. The first-order valence-corrected chi connectivity index (χ1v) is 4.25. The summed E-state index contributed by atoms with van der Waals surface area (Å²) in [5.41, 5.74) is 0. The SMILES string of the molecule is C=CCN1CCC(C(C)O)C1. The van der Waals surface area contributed by atoms with Crippen molar-refractivity contribution >= 4 is 0 Å². The molecule has 0 aliphatic carbocycles. The standard InChI is InChI=1S/C9H17NO/c1-3-5-10-6-4-9(7-10)8(2)11/h3,8-9,11H,1,4-7H2,2H3. The number of rotatable bonds is 3. The summed E-state index contributed by atoms with van der Waals surface area (Å²) in [5.74, 6) is 0.481. The molecule has 2 nitrogen and oxygen atoms in total. The smallest absolute Gasteiger partial charge is 0.0552 e. The molecule has 1 saturated heterocycles. The van der Waals surface area contributed by atoms with E-state index in [1.54, 1.807) is 0 Å². The molecular weight excluding hydrogens is 138 g/mol.